The van der Waals surface area contributed by atoms with Crippen LogP contribution >= 0.6 is 46.3 Å². The number of hydrogen-bond acceptors (Lipinski definition) is 6. The summed E-state index contributed by atoms with van der Waals surface area (Å²) in [5.74, 6) is 0. The van der Waals surface area contributed by atoms with Gasteiger partial charge >= 0.3 is 59.3 Å². The summed E-state index contributed by atoms with van der Waals surface area (Å²) >= 11 is -1.75. The quantitative estimate of drug-likeness (QED) is 0.415. The van der Waals surface area contributed by atoms with E-state index in [2.05, 4.69) is 0 Å². The molecule has 2 N–H and O–H groups in total. The van der Waals surface area contributed by atoms with E-state index in [4.69, 9.17) is 56.2 Å². The van der Waals surface area contributed by atoms with Crippen molar-refractivity contribution in [3.63, 3.8) is 0 Å². The summed E-state index contributed by atoms with van der Waals surface area (Å²) < 4.78 is 28.2. The van der Waals surface area contributed by atoms with Crippen LogP contribution in [0.15, 0.2) is 0 Å². The van der Waals surface area contributed by atoms with Crippen LogP contribution in [0, 0.1) is 0 Å². The van der Waals surface area contributed by atoms with Crippen LogP contribution in [-0.2, 0) is 40.1 Å². The molecule has 0 amide bonds. The minimum absolute atomic E-state index is 0. The Hall–Kier alpha value is 2.07. The molecule has 0 unspecified atom stereocenters. The van der Waals surface area contributed by atoms with Crippen molar-refractivity contribution < 1.29 is 40.1 Å². The molecular weight excluding hydrogens is 451 g/mol. The smallest absolute Gasteiger partial charge is 0.693 e. The maximum atomic E-state index is 4.95. The van der Waals surface area contributed by atoms with E-state index in [9.17, 15) is 0 Å². The molecule has 0 atom stereocenters. The Morgan fingerprint density at radius 1 is 0.579 bits per heavy atom. The second-order valence-electron chi connectivity index (χ2n) is 1.88. The molecule has 13 heteroatoms. The van der Waals surface area contributed by atoms with E-state index in [1.165, 1.54) is 0 Å². The van der Waals surface area contributed by atoms with E-state index in [0.29, 0.717) is 0 Å². The van der Waals surface area contributed by atoms with Crippen LogP contribution in [-0.4, -0.2) is 42.7 Å². The Morgan fingerprint density at radius 2 is 0.684 bits per heavy atom. The van der Waals surface area contributed by atoms with Gasteiger partial charge in [-0.05, 0) is 0 Å². The van der Waals surface area contributed by atoms with Gasteiger partial charge in [-0.1, -0.05) is 0 Å². The Bertz CT molecular complexity index is 124. The second kappa shape index (κ2) is 25.1. The van der Waals surface area contributed by atoms with E-state index < -0.39 is 30.2 Å². The largest absolute Gasteiger partial charge is 0.693 e. The molecule has 0 rings (SSSR count). The molecule has 0 aromatic heterocycles. The molecule has 0 fully saturated rings. The number of rotatable bonds is 6. The summed E-state index contributed by atoms with van der Waals surface area (Å²) in [6, 6.07) is 0. The summed E-state index contributed by atoms with van der Waals surface area (Å²) in [5, 5.41) is 0. The Morgan fingerprint density at radius 3 is 0.684 bits per heavy atom. The third kappa shape index (κ3) is 33.1. The topological polar surface area (TPSA) is 88.9 Å². The molecule has 0 aliphatic rings. The Kier molecular flexibility index (Phi) is 38.4. The number of halogens is 3. The Balaban J connectivity index is -0.0000000900. The fourth-order valence-electron chi connectivity index (χ4n) is 0.500. The van der Waals surface area contributed by atoms with Crippen LogP contribution in [0.5, 0.6) is 0 Å². The first kappa shape index (κ1) is 29.1. The molecule has 125 valence electrons. The zero-order valence-corrected chi connectivity index (χ0v) is 17.5. The van der Waals surface area contributed by atoms with Gasteiger partial charge < -0.3 is 6.15 Å². The van der Waals surface area contributed by atoms with Crippen LogP contribution < -0.4 is 0 Å². The molecule has 0 aromatic rings. The molecule has 0 radical (unpaired) electrons. The van der Waals surface area contributed by atoms with Crippen molar-refractivity contribution in [1.82, 2.24) is 0 Å². The van der Waals surface area contributed by atoms with Crippen molar-refractivity contribution in [1.29, 1.82) is 0 Å². The van der Waals surface area contributed by atoms with Gasteiger partial charge in [0.2, 0.25) is 0 Å². The molecular formula is C6H22Cl3NO6P2Ru+. The zero-order valence-electron chi connectivity index (χ0n) is 11.5. The zero-order chi connectivity index (χ0) is 15.0. The van der Waals surface area contributed by atoms with Crippen molar-refractivity contribution in [3.05, 3.63) is 6.15 Å². The number of hydrogen-bond donors (Lipinski definition) is 0. The minimum Gasteiger partial charge on any atom is -0.693 e. The molecule has 0 aliphatic carbocycles. The molecule has 0 saturated carbocycles. The van der Waals surface area contributed by atoms with Gasteiger partial charge in [0.25, 0.3) is 0 Å². The van der Waals surface area contributed by atoms with Crippen LogP contribution in [0.25, 0.3) is 6.15 Å². The third-order valence-electron chi connectivity index (χ3n) is 1.00. The van der Waals surface area contributed by atoms with Crippen molar-refractivity contribution in [2.75, 3.05) is 42.7 Å². The van der Waals surface area contributed by atoms with Crippen LogP contribution in [0.3, 0.4) is 0 Å². The fourth-order valence-corrected chi connectivity index (χ4v) is 1.50. The van der Waals surface area contributed by atoms with Gasteiger partial charge in [0, 0.05) is 0 Å². The van der Waals surface area contributed by atoms with Gasteiger partial charge in [0.1, 0.15) is 0 Å². The molecule has 7 nitrogen and oxygen atoms in total. The van der Waals surface area contributed by atoms with E-state index in [1.54, 1.807) is 42.7 Å². The summed E-state index contributed by atoms with van der Waals surface area (Å²) in [6.07, 6.45) is 0. The van der Waals surface area contributed by atoms with Crippen LogP contribution in [0.2, 0.25) is 0 Å². The van der Waals surface area contributed by atoms with Crippen molar-refractivity contribution in [2.45, 2.75) is 0 Å². The van der Waals surface area contributed by atoms with E-state index >= 15 is 0 Å². The van der Waals surface area contributed by atoms with Gasteiger partial charge in [0.15, 0.2) is 0 Å². The van der Waals surface area contributed by atoms with Crippen LogP contribution in [0.4, 0.5) is 0 Å². The first-order valence-electron chi connectivity index (χ1n) is 4.08. The van der Waals surface area contributed by atoms with Gasteiger partial charge in [-0.3, -0.25) is 0 Å². The van der Waals surface area contributed by atoms with E-state index in [-0.39, 0.29) is 6.15 Å². The SMILES string of the molecule is CO[PH+](OC)OC.CO[PH+](OC)OC.[Cl][Ru]([Cl])[Cl].[NH2-]. The first-order chi connectivity index (χ1) is 8.42. The van der Waals surface area contributed by atoms with Crippen molar-refractivity contribution in [2.24, 2.45) is 0 Å². The third-order valence-corrected chi connectivity index (χ3v) is 3.00. The average Bonchev–Trinajstić information content (AvgIpc) is 2.34. The summed E-state index contributed by atoms with van der Waals surface area (Å²) in [6.45, 7) is 0. The minimum atomic E-state index is -1.75. The average molecular weight is 474 g/mol. The molecule has 0 aromatic carbocycles. The molecule has 0 heterocycles. The van der Waals surface area contributed by atoms with Gasteiger partial charge in [0.05, 0.1) is 42.7 Å². The van der Waals surface area contributed by atoms with Gasteiger partial charge in [-0.15, -0.1) is 0 Å². The fraction of sp³-hybridized carbons (Fsp3) is 1.00. The van der Waals surface area contributed by atoms with Gasteiger partial charge in [-0.2, -0.15) is 27.1 Å². The number of nitrogens with two attached hydrogens (primary N) is 1. The molecule has 0 bridgehead atoms. The van der Waals surface area contributed by atoms with E-state index in [0.717, 1.165) is 0 Å². The maximum absolute atomic E-state index is 4.95. The molecule has 19 heavy (non-hydrogen) atoms. The van der Waals surface area contributed by atoms with Crippen LogP contribution in [0.1, 0.15) is 0 Å². The second-order valence-corrected chi connectivity index (χ2v) is 13.2. The molecule has 0 aliphatic heterocycles. The summed E-state index contributed by atoms with van der Waals surface area (Å²) in [4.78, 5) is 0. The molecule has 0 spiro atoms. The predicted octanol–water partition coefficient (Wildman–Crippen LogP) is 4.55. The van der Waals surface area contributed by atoms with Gasteiger partial charge in [-0.25, -0.2) is 0 Å². The molecule has 0 saturated heterocycles. The standard InChI is InChI=1S/2C3H10O3P.3ClH.H2N.Ru/c2*1-4-7(5-2)6-3;;;;;/h2*7H,1-3H3;3*1H;1H2;/q2*+1;;;;-1;+3/p-3. The van der Waals surface area contributed by atoms with Crippen molar-refractivity contribution >= 4 is 46.3 Å². The summed E-state index contributed by atoms with van der Waals surface area (Å²) in [5.41, 5.74) is 0. The first-order valence-corrected chi connectivity index (χ1v) is 13.2. The monoisotopic (exact) mass is 473 g/mol. The predicted molar refractivity (Wildman–Crippen MR) is 81.5 cm³/mol. The normalized spacial score (nSPS) is 9.95. The summed E-state index contributed by atoms with van der Waals surface area (Å²) in [7, 11) is 21.5. The van der Waals surface area contributed by atoms with Crippen molar-refractivity contribution in [3.8, 4) is 0 Å². The van der Waals surface area contributed by atoms with E-state index in [1.807, 2.05) is 0 Å². The Labute approximate surface area is 135 Å². The maximum Gasteiger partial charge on any atom is -0.693 e.